The number of unbranched alkanes of at least 4 members (excludes halogenated alkanes) is 2. The van der Waals surface area contributed by atoms with Crippen LogP contribution in [0.25, 0.3) is 16.8 Å². The number of aryl methyl sites for hydroxylation is 3. The van der Waals surface area contributed by atoms with Gasteiger partial charge in [0.05, 0.1) is 38.3 Å². The van der Waals surface area contributed by atoms with Gasteiger partial charge >= 0.3 is 12.3 Å². The number of aliphatic hydroxyl groups is 1. The van der Waals surface area contributed by atoms with Gasteiger partial charge in [0.1, 0.15) is 42.0 Å². The van der Waals surface area contributed by atoms with E-state index < -0.39 is 30.2 Å². The van der Waals surface area contributed by atoms with Crippen molar-refractivity contribution < 1.29 is 41.7 Å². The number of cyclic esters (lactones) is 1. The molecule has 1 amide bonds. The molecule has 2 aliphatic heterocycles. The second-order valence-corrected chi connectivity index (χ2v) is 20.8. The maximum atomic E-state index is 14.2. The Morgan fingerprint density at radius 3 is 2.38 bits per heavy atom. The Balaban J connectivity index is 0.000000995. The number of anilines is 4. The number of hydrogen-bond donors (Lipinski definition) is 3. The summed E-state index contributed by atoms with van der Waals surface area (Å²) in [6.45, 7) is 18.8. The molecule has 3 N–H and O–H groups in total. The van der Waals surface area contributed by atoms with Gasteiger partial charge in [-0.3, -0.25) is 14.7 Å². The first-order valence-electron chi connectivity index (χ1n) is 29.1. The molecule has 6 aromatic rings. The van der Waals surface area contributed by atoms with E-state index in [1.807, 2.05) is 30.6 Å². The van der Waals surface area contributed by atoms with Crippen LogP contribution in [0.4, 0.5) is 45.8 Å². The number of aromatic nitrogens is 8. The molecule has 82 heavy (non-hydrogen) atoms. The zero-order chi connectivity index (χ0) is 59.2. The minimum atomic E-state index is -4.67. The summed E-state index contributed by atoms with van der Waals surface area (Å²) >= 11 is 0. The molecule has 448 valence electrons. The maximum absolute atomic E-state index is 14.2. The minimum absolute atomic E-state index is 0.0980. The van der Waals surface area contributed by atoms with E-state index in [2.05, 4.69) is 68.3 Å². The lowest BCUT2D eigenvalue weighted by molar-refractivity contribution is -0.141. The van der Waals surface area contributed by atoms with Crippen molar-refractivity contribution in [1.82, 2.24) is 39.1 Å². The summed E-state index contributed by atoms with van der Waals surface area (Å²) in [5, 5.41) is 20.9. The van der Waals surface area contributed by atoms with Gasteiger partial charge in [-0.15, -0.1) is 0 Å². The smallest absolute Gasteiger partial charge is 0.433 e. The number of nitrogens with one attached hydrogen (secondary N) is 2. The van der Waals surface area contributed by atoms with Crippen LogP contribution in [-0.2, 0) is 52.9 Å². The standard InChI is InChI=1S/C50H60F4N12O6.C8H18.C2H6/c1-4-35-27-59-66-44(25-45(61-47(35)66)64-15-6-5-9-39(64)13-17-67)57-26-34-10-11-46(68)63(30-34)16-19-71-21-20-70-18-7-8-37-23-36(24-42(60-37)50(52,53)54)40-29-56-38(22-32(40)2)28-58-48-55-14-12-43(62-48)65-41(33(3)51)31-72-49(65)69;1-4-5-6-7-8(2)3;1-2/h10-12,14,22-25,27,29-30,33,39,41,57,67H,4-9,13,15-21,26,28,31H2,1-3H3,(H,55,58,62);8H,4-7H2,1-3H3;1-2H3. The van der Waals surface area contributed by atoms with E-state index in [-0.39, 0.29) is 81.7 Å². The molecule has 8 heterocycles. The van der Waals surface area contributed by atoms with E-state index in [0.717, 1.165) is 77.5 Å². The van der Waals surface area contributed by atoms with Crippen molar-refractivity contribution in [2.75, 3.05) is 66.6 Å². The lowest BCUT2D eigenvalue weighted by atomic mass is 9.99. The Kier molecular flexibility index (Phi) is 25.3. The van der Waals surface area contributed by atoms with Crippen LogP contribution in [0.1, 0.15) is 140 Å². The van der Waals surface area contributed by atoms with E-state index in [9.17, 15) is 32.3 Å². The van der Waals surface area contributed by atoms with E-state index in [1.54, 1.807) is 35.9 Å². The van der Waals surface area contributed by atoms with Crippen LogP contribution in [-0.4, -0.2) is 115 Å². The van der Waals surface area contributed by atoms with Crippen molar-refractivity contribution >= 4 is 35.1 Å². The SMILES string of the molecule is CC.CCCCCC(C)C.CCc1cnn2c(NCc3ccc(=O)n(CCOCCOCCCc4cc(-c5cnc(CNc6nccc(N7C(=O)OCC7C(C)F)n6)cc5C)cc(C(F)(F)F)n4)c3)cc(N3CCCCC3CCO)nc12. The van der Waals surface area contributed by atoms with Gasteiger partial charge in [-0.05, 0) is 106 Å². The van der Waals surface area contributed by atoms with E-state index in [4.69, 9.17) is 19.2 Å². The van der Waals surface area contributed by atoms with Gasteiger partial charge < -0.3 is 39.4 Å². The molecule has 6 aromatic heterocycles. The third-order valence-corrected chi connectivity index (χ3v) is 14.2. The number of amides is 1. The summed E-state index contributed by atoms with van der Waals surface area (Å²) in [7, 11) is 0. The molecule has 3 unspecified atom stereocenters. The number of alkyl halides is 4. The maximum Gasteiger partial charge on any atom is 0.433 e. The molecule has 8 rings (SSSR count). The van der Waals surface area contributed by atoms with Crippen LogP contribution >= 0.6 is 0 Å². The Labute approximate surface area is 479 Å². The van der Waals surface area contributed by atoms with Crippen molar-refractivity contribution in [3.63, 3.8) is 0 Å². The fraction of sp³-hybridized carbons (Fsp3) is 0.567. The van der Waals surface area contributed by atoms with Gasteiger partial charge in [-0.25, -0.2) is 24.1 Å². The number of piperidine rings is 1. The zero-order valence-corrected chi connectivity index (χ0v) is 49.0. The predicted molar refractivity (Wildman–Crippen MR) is 312 cm³/mol. The Bertz CT molecular complexity index is 2990. The molecule has 2 aliphatic rings. The van der Waals surface area contributed by atoms with Crippen LogP contribution in [0, 0.1) is 12.8 Å². The molecular formula is C60H84F4N12O6. The number of halogens is 4. The highest BCUT2D eigenvalue weighted by molar-refractivity contribution is 5.89. The summed E-state index contributed by atoms with van der Waals surface area (Å²) in [6, 6.07) is 10.6. The van der Waals surface area contributed by atoms with Crippen LogP contribution in [0.3, 0.4) is 0 Å². The topological polar surface area (TPSA) is 199 Å². The fourth-order valence-electron chi connectivity index (χ4n) is 9.77. The van der Waals surface area contributed by atoms with Gasteiger partial charge in [-0.1, -0.05) is 73.3 Å². The van der Waals surface area contributed by atoms with Crippen molar-refractivity contribution in [2.45, 2.75) is 170 Å². The second kappa shape index (κ2) is 32.2. The lowest BCUT2D eigenvalue weighted by Crippen LogP contribution is -2.40. The molecule has 2 fully saturated rings. The molecule has 0 saturated carbocycles. The number of carbonyl (C=O) groups is 1. The Hall–Kier alpha value is -6.78. The summed E-state index contributed by atoms with van der Waals surface area (Å²) in [5.41, 5.74) is 3.85. The van der Waals surface area contributed by atoms with Gasteiger partial charge in [0.2, 0.25) is 5.95 Å². The summed E-state index contributed by atoms with van der Waals surface area (Å²) < 4.78 is 76.3. The number of nitrogens with zero attached hydrogens (tertiary/aromatic N) is 10. The van der Waals surface area contributed by atoms with E-state index >= 15 is 0 Å². The Morgan fingerprint density at radius 1 is 0.866 bits per heavy atom. The molecular weight excluding hydrogens is 1060 g/mol. The van der Waals surface area contributed by atoms with Gasteiger partial charge in [-0.2, -0.15) is 27.8 Å². The van der Waals surface area contributed by atoms with Crippen LogP contribution in [0.15, 0.2) is 72.0 Å². The van der Waals surface area contributed by atoms with Crippen molar-refractivity contribution in [3.8, 4) is 11.1 Å². The van der Waals surface area contributed by atoms with Crippen molar-refractivity contribution in [2.24, 2.45) is 5.92 Å². The number of rotatable bonds is 27. The molecule has 0 aliphatic carbocycles. The van der Waals surface area contributed by atoms with E-state index in [0.29, 0.717) is 48.3 Å². The Morgan fingerprint density at radius 2 is 1.66 bits per heavy atom. The third-order valence-electron chi connectivity index (χ3n) is 14.2. The number of carbonyl (C=O) groups excluding carboxylic acids is 1. The largest absolute Gasteiger partial charge is 0.447 e. The van der Waals surface area contributed by atoms with Crippen molar-refractivity contribution in [3.05, 3.63) is 111 Å². The highest BCUT2D eigenvalue weighted by atomic mass is 19.4. The third kappa shape index (κ3) is 18.4. The highest BCUT2D eigenvalue weighted by Crippen LogP contribution is 2.34. The molecule has 0 aromatic carbocycles. The summed E-state index contributed by atoms with van der Waals surface area (Å²) in [4.78, 5) is 50.5. The number of aliphatic hydroxyl groups excluding tert-OH is 1. The highest BCUT2D eigenvalue weighted by Gasteiger charge is 2.39. The average molecular weight is 1150 g/mol. The molecule has 3 atom stereocenters. The first kappa shape index (κ1) is 64.4. The molecule has 0 spiro atoms. The molecule has 18 nitrogen and oxygen atoms in total. The van der Waals surface area contributed by atoms with Gasteiger partial charge in [0.25, 0.3) is 5.56 Å². The number of ether oxygens (including phenoxy) is 3. The normalized spacial score (nSPS) is 15.7. The molecule has 0 bridgehead atoms. The average Bonchev–Trinajstić information content (AvgIpc) is 4.12. The first-order chi connectivity index (χ1) is 39.6. The zero-order valence-electron chi connectivity index (χ0n) is 49.0. The van der Waals surface area contributed by atoms with Crippen LogP contribution in [0.5, 0.6) is 0 Å². The molecule has 2 saturated heterocycles. The summed E-state index contributed by atoms with van der Waals surface area (Å²) in [5.74, 6) is 2.87. The van der Waals surface area contributed by atoms with Crippen LogP contribution in [0.2, 0.25) is 0 Å². The second-order valence-electron chi connectivity index (χ2n) is 20.8. The minimum Gasteiger partial charge on any atom is -0.447 e. The number of hydrogen-bond acceptors (Lipinski definition) is 15. The fourth-order valence-corrected chi connectivity index (χ4v) is 9.77. The lowest BCUT2D eigenvalue weighted by Gasteiger charge is -2.36. The summed E-state index contributed by atoms with van der Waals surface area (Å²) in [6.07, 6.45) is 10.8. The quantitative estimate of drug-likeness (QED) is 0.0325. The van der Waals surface area contributed by atoms with Crippen LogP contribution < -0.4 is 26.0 Å². The van der Waals surface area contributed by atoms with E-state index in [1.165, 1.54) is 57.1 Å². The van der Waals surface area contributed by atoms with Gasteiger partial charge in [0.15, 0.2) is 5.65 Å². The number of pyridine rings is 3. The molecule has 0 radical (unpaired) electrons. The predicted octanol–water partition coefficient (Wildman–Crippen LogP) is 11.6. The molecule has 22 heteroatoms. The van der Waals surface area contributed by atoms with Crippen molar-refractivity contribution in [1.29, 1.82) is 0 Å². The monoisotopic (exact) mass is 1140 g/mol. The van der Waals surface area contributed by atoms with Gasteiger partial charge in [0, 0.05) is 86.4 Å². The first-order valence-corrected chi connectivity index (χ1v) is 29.1. The number of fused-ring (bicyclic) bond motifs is 1.